The molecule has 0 saturated heterocycles. The molecule has 76 valence electrons. The SMILES string of the molecule is Fc1cc(Cl)cc(-c2cc(Cl)ncn2)c1. The number of benzene rings is 1. The van der Waals surface area contributed by atoms with E-state index in [0.29, 0.717) is 21.4 Å². The number of aromatic nitrogens is 2. The molecule has 0 atom stereocenters. The molecule has 0 spiro atoms. The van der Waals surface area contributed by atoms with Gasteiger partial charge in [0.25, 0.3) is 0 Å². The fourth-order valence-corrected chi connectivity index (χ4v) is 1.56. The maximum absolute atomic E-state index is 13.1. The van der Waals surface area contributed by atoms with Gasteiger partial charge in [-0.25, -0.2) is 14.4 Å². The van der Waals surface area contributed by atoms with Gasteiger partial charge in [0, 0.05) is 16.7 Å². The molecule has 2 rings (SSSR count). The third kappa shape index (κ3) is 2.43. The Hall–Kier alpha value is -1.19. The van der Waals surface area contributed by atoms with E-state index in [9.17, 15) is 4.39 Å². The van der Waals surface area contributed by atoms with Crippen molar-refractivity contribution in [2.75, 3.05) is 0 Å². The van der Waals surface area contributed by atoms with Crippen molar-refractivity contribution in [3.05, 3.63) is 46.6 Å². The minimum atomic E-state index is -0.410. The van der Waals surface area contributed by atoms with Gasteiger partial charge in [-0.1, -0.05) is 23.2 Å². The topological polar surface area (TPSA) is 25.8 Å². The van der Waals surface area contributed by atoms with Gasteiger partial charge in [-0.05, 0) is 18.2 Å². The standard InChI is InChI=1S/C10H5Cl2FN2/c11-7-1-6(2-8(13)3-7)9-4-10(12)15-5-14-9/h1-5H. The molecule has 0 amide bonds. The number of halogens is 3. The highest BCUT2D eigenvalue weighted by Gasteiger charge is 2.04. The molecule has 0 aliphatic rings. The molecule has 1 aromatic carbocycles. The van der Waals surface area contributed by atoms with E-state index in [1.54, 1.807) is 12.1 Å². The molecule has 0 fully saturated rings. The van der Waals surface area contributed by atoms with Crippen molar-refractivity contribution in [3.8, 4) is 11.3 Å². The van der Waals surface area contributed by atoms with Crippen LogP contribution in [0.3, 0.4) is 0 Å². The Morgan fingerprint density at radius 2 is 1.80 bits per heavy atom. The Morgan fingerprint density at radius 1 is 1.00 bits per heavy atom. The van der Waals surface area contributed by atoms with Crippen molar-refractivity contribution in [1.29, 1.82) is 0 Å². The van der Waals surface area contributed by atoms with Crippen LogP contribution in [-0.4, -0.2) is 9.97 Å². The summed E-state index contributed by atoms with van der Waals surface area (Å²) in [5, 5.41) is 0.625. The Labute approximate surface area is 95.7 Å². The van der Waals surface area contributed by atoms with Gasteiger partial charge in [-0.2, -0.15) is 0 Å². The number of hydrogen-bond acceptors (Lipinski definition) is 2. The lowest BCUT2D eigenvalue weighted by atomic mass is 10.1. The second-order valence-corrected chi connectivity index (χ2v) is 3.71. The van der Waals surface area contributed by atoms with Gasteiger partial charge in [0.05, 0.1) is 5.69 Å². The van der Waals surface area contributed by atoms with Gasteiger partial charge in [0.2, 0.25) is 0 Å². The van der Waals surface area contributed by atoms with E-state index >= 15 is 0 Å². The zero-order valence-electron chi connectivity index (χ0n) is 7.42. The highest BCUT2D eigenvalue weighted by Crippen LogP contribution is 2.23. The summed E-state index contributed by atoms with van der Waals surface area (Å²) in [4.78, 5) is 7.71. The summed E-state index contributed by atoms with van der Waals surface area (Å²) < 4.78 is 13.1. The van der Waals surface area contributed by atoms with E-state index in [1.165, 1.54) is 18.5 Å². The smallest absolute Gasteiger partial charge is 0.133 e. The molecular formula is C10H5Cl2FN2. The first kappa shape index (κ1) is 10.3. The molecule has 0 radical (unpaired) electrons. The van der Waals surface area contributed by atoms with Crippen LogP contribution in [0, 0.1) is 5.82 Å². The van der Waals surface area contributed by atoms with Gasteiger partial charge in [-0.15, -0.1) is 0 Å². The van der Waals surface area contributed by atoms with Crippen LogP contribution in [0.15, 0.2) is 30.6 Å². The molecule has 0 saturated carbocycles. The van der Waals surface area contributed by atoms with Crippen LogP contribution in [-0.2, 0) is 0 Å². The molecule has 2 aromatic rings. The molecule has 0 unspecified atom stereocenters. The largest absolute Gasteiger partial charge is 0.236 e. The van der Waals surface area contributed by atoms with Crippen LogP contribution in [0.5, 0.6) is 0 Å². The van der Waals surface area contributed by atoms with Crippen molar-refractivity contribution in [2.45, 2.75) is 0 Å². The molecule has 1 heterocycles. The van der Waals surface area contributed by atoms with Crippen molar-refractivity contribution in [1.82, 2.24) is 9.97 Å². The van der Waals surface area contributed by atoms with Crippen LogP contribution in [0.4, 0.5) is 4.39 Å². The first-order valence-corrected chi connectivity index (χ1v) is 4.85. The molecule has 0 aliphatic heterocycles. The second-order valence-electron chi connectivity index (χ2n) is 2.88. The lowest BCUT2D eigenvalue weighted by molar-refractivity contribution is 0.628. The van der Waals surface area contributed by atoms with Crippen LogP contribution in [0.25, 0.3) is 11.3 Å². The van der Waals surface area contributed by atoms with E-state index in [2.05, 4.69) is 9.97 Å². The Kier molecular flexibility index (Phi) is 2.84. The summed E-state index contributed by atoms with van der Waals surface area (Å²) in [7, 11) is 0. The van der Waals surface area contributed by atoms with Crippen molar-refractivity contribution < 1.29 is 4.39 Å². The quantitative estimate of drug-likeness (QED) is 0.715. The van der Waals surface area contributed by atoms with Crippen LogP contribution in [0.2, 0.25) is 10.2 Å². The van der Waals surface area contributed by atoms with Crippen molar-refractivity contribution in [3.63, 3.8) is 0 Å². The second kappa shape index (κ2) is 4.13. The van der Waals surface area contributed by atoms with Gasteiger partial charge in [0.15, 0.2) is 0 Å². The molecular weight excluding hydrogens is 238 g/mol. The maximum Gasteiger partial charge on any atom is 0.133 e. The zero-order valence-corrected chi connectivity index (χ0v) is 8.93. The lowest BCUT2D eigenvalue weighted by Gasteiger charge is -2.01. The summed E-state index contributed by atoms with van der Waals surface area (Å²) in [6.45, 7) is 0. The fourth-order valence-electron chi connectivity index (χ4n) is 1.19. The molecule has 0 bridgehead atoms. The minimum Gasteiger partial charge on any atom is -0.236 e. The van der Waals surface area contributed by atoms with E-state index in [1.807, 2.05) is 0 Å². The highest BCUT2D eigenvalue weighted by molar-refractivity contribution is 6.31. The molecule has 1 aromatic heterocycles. The van der Waals surface area contributed by atoms with Crippen LogP contribution >= 0.6 is 23.2 Å². The maximum atomic E-state index is 13.1. The summed E-state index contributed by atoms with van der Waals surface area (Å²) >= 11 is 11.4. The number of rotatable bonds is 1. The summed E-state index contributed by atoms with van der Waals surface area (Å²) in [6, 6.07) is 5.73. The zero-order chi connectivity index (χ0) is 10.8. The monoisotopic (exact) mass is 242 g/mol. The number of nitrogens with zero attached hydrogens (tertiary/aromatic N) is 2. The number of hydrogen-bond donors (Lipinski definition) is 0. The van der Waals surface area contributed by atoms with Gasteiger partial charge in [0.1, 0.15) is 17.3 Å². The van der Waals surface area contributed by atoms with E-state index in [0.717, 1.165) is 0 Å². The van der Waals surface area contributed by atoms with Crippen LogP contribution < -0.4 is 0 Å². The lowest BCUT2D eigenvalue weighted by Crippen LogP contribution is -1.86. The third-order valence-corrected chi connectivity index (χ3v) is 2.22. The van der Waals surface area contributed by atoms with Crippen LogP contribution in [0.1, 0.15) is 0 Å². The summed E-state index contributed by atoms with van der Waals surface area (Å²) in [5.74, 6) is -0.410. The normalized spacial score (nSPS) is 10.3. The van der Waals surface area contributed by atoms with Gasteiger partial charge < -0.3 is 0 Å². The van der Waals surface area contributed by atoms with Crippen molar-refractivity contribution >= 4 is 23.2 Å². The van der Waals surface area contributed by atoms with Crippen molar-refractivity contribution in [2.24, 2.45) is 0 Å². The van der Waals surface area contributed by atoms with E-state index in [-0.39, 0.29) is 0 Å². The van der Waals surface area contributed by atoms with Gasteiger partial charge in [-0.3, -0.25) is 0 Å². The highest BCUT2D eigenvalue weighted by atomic mass is 35.5. The minimum absolute atomic E-state index is 0.306. The molecule has 2 nitrogen and oxygen atoms in total. The molecule has 0 aliphatic carbocycles. The Balaban J connectivity index is 2.54. The predicted octanol–water partition coefficient (Wildman–Crippen LogP) is 3.59. The summed E-state index contributed by atoms with van der Waals surface area (Å²) in [5.41, 5.74) is 1.11. The molecule has 5 heteroatoms. The first-order chi connectivity index (χ1) is 7.15. The third-order valence-electron chi connectivity index (χ3n) is 1.79. The molecule has 15 heavy (non-hydrogen) atoms. The average Bonchev–Trinajstić information content (AvgIpc) is 2.16. The average molecular weight is 243 g/mol. The fraction of sp³-hybridized carbons (Fsp3) is 0. The summed E-state index contributed by atoms with van der Waals surface area (Å²) in [6.07, 6.45) is 1.32. The molecule has 0 N–H and O–H groups in total. The predicted molar refractivity (Wildman–Crippen MR) is 57.4 cm³/mol. The van der Waals surface area contributed by atoms with E-state index in [4.69, 9.17) is 23.2 Å². The first-order valence-electron chi connectivity index (χ1n) is 4.09. The van der Waals surface area contributed by atoms with Gasteiger partial charge >= 0.3 is 0 Å². The van der Waals surface area contributed by atoms with E-state index < -0.39 is 5.82 Å². The Morgan fingerprint density at radius 3 is 2.47 bits per heavy atom. The Bertz CT molecular complexity index is 482.